The van der Waals surface area contributed by atoms with Crippen LogP contribution in [0, 0.1) is 0 Å². The van der Waals surface area contributed by atoms with E-state index in [0.29, 0.717) is 12.8 Å². The van der Waals surface area contributed by atoms with Crippen molar-refractivity contribution in [1.82, 2.24) is 0 Å². The molecule has 4 N–H and O–H groups in total. The number of nitrogens with two attached hydrogens (primary N) is 1. The summed E-state index contributed by atoms with van der Waals surface area (Å²) in [5, 5.41) is 17.3. The smallest absolute Gasteiger partial charge is 0.335 e. The third-order valence-electron chi connectivity index (χ3n) is 2.26. The maximum atomic E-state index is 10.6. The summed E-state index contributed by atoms with van der Waals surface area (Å²) < 4.78 is 0. The van der Waals surface area contributed by atoms with E-state index in [1.54, 1.807) is 12.1 Å². The summed E-state index contributed by atoms with van der Waals surface area (Å²) in [6, 6.07) is 6.37. The normalized spacial score (nSPS) is 11.6. The van der Waals surface area contributed by atoms with Gasteiger partial charge in [0.2, 0.25) is 0 Å². The van der Waals surface area contributed by atoms with Crippen LogP contribution in [-0.4, -0.2) is 22.8 Å². The van der Waals surface area contributed by atoms with Crippen molar-refractivity contribution in [3.63, 3.8) is 0 Å². The maximum Gasteiger partial charge on any atom is 0.335 e. The number of aromatic carboxylic acids is 1. The minimum absolute atomic E-state index is 0. The first-order chi connectivity index (χ1) is 7.15. The Morgan fingerprint density at radius 3 is 2.31 bits per heavy atom. The zero-order valence-electron chi connectivity index (χ0n) is 8.80. The standard InChI is InChI=1S/C11H15NO3.ClH/c12-10(2-1-7-13)8-3-5-9(6-4-8)11(14)15;/h3-6,10,13H,1-2,7,12H2,(H,14,15);1H/t10-;/m1./s1. The number of hydrogen-bond acceptors (Lipinski definition) is 3. The minimum Gasteiger partial charge on any atom is -0.478 e. The lowest BCUT2D eigenvalue weighted by Gasteiger charge is -2.10. The highest BCUT2D eigenvalue weighted by atomic mass is 35.5. The zero-order chi connectivity index (χ0) is 11.3. The Labute approximate surface area is 100 Å². The lowest BCUT2D eigenvalue weighted by Crippen LogP contribution is -2.11. The first-order valence-electron chi connectivity index (χ1n) is 4.85. The Morgan fingerprint density at radius 1 is 1.31 bits per heavy atom. The van der Waals surface area contributed by atoms with Gasteiger partial charge in [0.1, 0.15) is 0 Å². The molecule has 1 aromatic rings. The second-order valence-electron chi connectivity index (χ2n) is 3.40. The van der Waals surface area contributed by atoms with E-state index in [2.05, 4.69) is 0 Å². The van der Waals surface area contributed by atoms with Crippen molar-refractivity contribution in [3.8, 4) is 0 Å². The highest BCUT2D eigenvalue weighted by molar-refractivity contribution is 5.87. The molecule has 0 amide bonds. The molecule has 0 spiro atoms. The van der Waals surface area contributed by atoms with Gasteiger partial charge < -0.3 is 15.9 Å². The monoisotopic (exact) mass is 245 g/mol. The van der Waals surface area contributed by atoms with Crippen LogP contribution in [0.5, 0.6) is 0 Å². The van der Waals surface area contributed by atoms with Crippen LogP contribution in [0.25, 0.3) is 0 Å². The largest absolute Gasteiger partial charge is 0.478 e. The molecular weight excluding hydrogens is 230 g/mol. The number of carboxylic acids is 1. The van der Waals surface area contributed by atoms with Gasteiger partial charge in [-0.05, 0) is 30.5 Å². The lowest BCUT2D eigenvalue weighted by atomic mass is 10.0. The van der Waals surface area contributed by atoms with E-state index < -0.39 is 5.97 Å². The van der Waals surface area contributed by atoms with Crippen molar-refractivity contribution >= 4 is 18.4 Å². The molecule has 0 aliphatic heterocycles. The molecule has 1 rings (SSSR count). The van der Waals surface area contributed by atoms with E-state index in [0.717, 1.165) is 5.56 Å². The molecule has 4 nitrogen and oxygen atoms in total. The Hall–Kier alpha value is -1.10. The predicted molar refractivity (Wildman–Crippen MR) is 63.9 cm³/mol. The maximum absolute atomic E-state index is 10.6. The molecule has 0 aliphatic carbocycles. The van der Waals surface area contributed by atoms with Gasteiger partial charge in [0.15, 0.2) is 0 Å². The molecule has 0 aromatic heterocycles. The molecule has 0 saturated heterocycles. The molecule has 0 aliphatic rings. The molecule has 0 fully saturated rings. The second kappa shape index (κ2) is 7.22. The third kappa shape index (κ3) is 4.18. The van der Waals surface area contributed by atoms with Crippen LogP contribution in [0.4, 0.5) is 0 Å². The molecule has 90 valence electrons. The number of aliphatic hydroxyl groups excluding tert-OH is 1. The van der Waals surface area contributed by atoms with E-state index in [9.17, 15) is 4.79 Å². The number of carbonyl (C=O) groups is 1. The molecule has 0 radical (unpaired) electrons. The van der Waals surface area contributed by atoms with Gasteiger partial charge in [-0.3, -0.25) is 0 Å². The number of carboxylic acid groups (broad SMARTS) is 1. The highest BCUT2D eigenvalue weighted by Gasteiger charge is 2.07. The molecule has 0 heterocycles. The average molecular weight is 246 g/mol. The van der Waals surface area contributed by atoms with Crippen LogP contribution in [0.2, 0.25) is 0 Å². The van der Waals surface area contributed by atoms with Crippen LogP contribution in [0.3, 0.4) is 0 Å². The molecule has 0 unspecified atom stereocenters. The van der Waals surface area contributed by atoms with Gasteiger partial charge in [-0.25, -0.2) is 4.79 Å². The Morgan fingerprint density at radius 2 is 1.88 bits per heavy atom. The summed E-state index contributed by atoms with van der Waals surface area (Å²) in [5.74, 6) is -0.939. The Kier molecular flexibility index (Phi) is 6.72. The summed E-state index contributed by atoms with van der Waals surface area (Å²) in [7, 11) is 0. The SMILES string of the molecule is Cl.N[C@H](CCCO)c1ccc(C(=O)O)cc1. The van der Waals surface area contributed by atoms with Crippen molar-refractivity contribution in [1.29, 1.82) is 0 Å². The van der Waals surface area contributed by atoms with Crippen LogP contribution >= 0.6 is 12.4 Å². The van der Waals surface area contributed by atoms with Crippen molar-refractivity contribution in [2.45, 2.75) is 18.9 Å². The summed E-state index contributed by atoms with van der Waals surface area (Å²) >= 11 is 0. The zero-order valence-corrected chi connectivity index (χ0v) is 9.61. The lowest BCUT2D eigenvalue weighted by molar-refractivity contribution is 0.0697. The van der Waals surface area contributed by atoms with E-state index in [1.165, 1.54) is 12.1 Å². The molecule has 5 heteroatoms. The predicted octanol–water partition coefficient (Wildman–Crippen LogP) is 1.58. The van der Waals surface area contributed by atoms with Crippen LogP contribution in [0.15, 0.2) is 24.3 Å². The molecular formula is C11H16ClNO3. The van der Waals surface area contributed by atoms with E-state index in [4.69, 9.17) is 15.9 Å². The van der Waals surface area contributed by atoms with Crippen molar-refractivity contribution in [2.24, 2.45) is 5.73 Å². The quantitative estimate of drug-likeness (QED) is 0.735. The topological polar surface area (TPSA) is 83.5 Å². The second-order valence-corrected chi connectivity index (χ2v) is 3.40. The first kappa shape index (κ1) is 14.9. The van der Waals surface area contributed by atoms with Gasteiger partial charge in [-0.15, -0.1) is 12.4 Å². The fraction of sp³-hybridized carbons (Fsp3) is 0.364. The van der Waals surface area contributed by atoms with Crippen molar-refractivity contribution < 1.29 is 15.0 Å². The molecule has 1 atom stereocenters. The number of hydrogen-bond donors (Lipinski definition) is 3. The van der Waals surface area contributed by atoms with Gasteiger partial charge >= 0.3 is 5.97 Å². The Bertz CT molecular complexity index is 327. The highest BCUT2D eigenvalue weighted by Crippen LogP contribution is 2.16. The van der Waals surface area contributed by atoms with Gasteiger partial charge in [0, 0.05) is 12.6 Å². The van der Waals surface area contributed by atoms with E-state index in [-0.39, 0.29) is 30.6 Å². The third-order valence-corrected chi connectivity index (χ3v) is 2.26. The number of rotatable bonds is 5. The van der Waals surface area contributed by atoms with Crippen LogP contribution in [0.1, 0.15) is 34.8 Å². The number of halogens is 1. The van der Waals surface area contributed by atoms with Gasteiger partial charge in [0.25, 0.3) is 0 Å². The summed E-state index contributed by atoms with van der Waals surface area (Å²) in [5.41, 5.74) is 7.00. The fourth-order valence-electron chi connectivity index (χ4n) is 1.35. The van der Waals surface area contributed by atoms with E-state index in [1.807, 2.05) is 0 Å². The molecule has 0 bridgehead atoms. The number of aliphatic hydroxyl groups is 1. The molecule has 16 heavy (non-hydrogen) atoms. The van der Waals surface area contributed by atoms with Gasteiger partial charge in [-0.1, -0.05) is 12.1 Å². The summed E-state index contributed by atoms with van der Waals surface area (Å²) in [4.78, 5) is 10.6. The van der Waals surface area contributed by atoms with Gasteiger partial charge in [-0.2, -0.15) is 0 Å². The summed E-state index contributed by atoms with van der Waals surface area (Å²) in [6.45, 7) is 0.126. The molecule has 0 saturated carbocycles. The first-order valence-corrected chi connectivity index (χ1v) is 4.85. The Balaban J connectivity index is 0.00000225. The van der Waals surface area contributed by atoms with Crippen molar-refractivity contribution in [2.75, 3.05) is 6.61 Å². The van der Waals surface area contributed by atoms with Crippen LogP contribution in [-0.2, 0) is 0 Å². The molecule has 1 aromatic carbocycles. The number of benzene rings is 1. The van der Waals surface area contributed by atoms with Crippen LogP contribution < -0.4 is 5.73 Å². The van der Waals surface area contributed by atoms with Gasteiger partial charge in [0.05, 0.1) is 5.56 Å². The average Bonchev–Trinajstić information content (AvgIpc) is 2.26. The van der Waals surface area contributed by atoms with Crippen molar-refractivity contribution in [3.05, 3.63) is 35.4 Å². The fourth-order valence-corrected chi connectivity index (χ4v) is 1.35. The summed E-state index contributed by atoms with van der Waals surface area (Å²) in [6.07, 6.45) is 1.35. The van der Waals surface area contributed by atoms with E-state index >= 15 is 0 Å². The minimum atomic E-state index is -0.939.